The standard InChI is InChI=1S/C52H87NO7/c1-6-8-10-12-14-16-18-20-22-24-25-26-27-29-30-32-34-36-38-40-42-50(54)59-47-48(46-58-45-44-49(52(56)57)53(3,4)5)60-51(55)43-41-39-37-35-33-31-28-23-21-19-17-15-13-11-9-7-2/h9,11,15-18,20-23,31,33,37,39,48-49H,6-8,10,12-14,19,24-30,32,34-36,38,40-47H2,1-5H3/b11-9+,17-15+,18-16+,22-20+,23-21+,33-31+,39-37+. The van der Waals surface area contributed by atoms with Gasteiger partial charge >= 0.3 is 11.9 Å². The number of carboxylic acids is 1. The van der Waals surface area contributed by atoms with E-state index in [0.717, 1.165) is 51.4 Å². The Hall–Kier alpha value is -3.49. The number of allylic oxidation sites excluding steroid dienone is 14. The van der Waals surface area contributed by atoms with E-state index in [-0.39, 0.29) is 43.1 Å². The van der Waals surface area contributed by atoms with Crippen LogP contribution in [0.3, 0.4) is 0 Å². The molecule has 0 bridgehead atoms. The molecule has 0 N–H and O–H groups in total. The van der Waals surface area contributed by atoms with Crippen LogP contribution in [0, 0.1) is 0 Å². The van der Waals surface area contributed by atoms with Crippen LogP contribution in [0.2, 0.25) is 0 Å². The fraction of sp³-hybridized carbons (Fsp3) is 0.673. The third-order valence-corrected chi connectivity index (χ3v) is 10.1. The van der Waals surface area contributed by atoms with Crippen LogP contribution in [-0.2, 0) is 28.6 Å². The highest BCUT2D eigenvalue weighted by molar-refractivity contribution is 5.70. The van der Waals surface area contributed by atoms with E-state index in [0.29, 0.717) is 12.8 Å². The maximum atomic E-state index is 12.7. The number of quaternary nitrogens is 1. The Morgan fingerprint density at radius 1 is 0.533 bits per heavy atom. The lowest BCUT2D eigenvalue weighted by Gasteiger charge is -2.34. The number of hydrogen-bond acceptors (Lipinski definition) is 7. The molecule has 0 aliphatic heterocycles. The predicted octanol–water partition coefficient (Wildman–Crippen LogP) is 12.0. The zero-order chi connectivity index (χ0) is 44.2. The quantitative estimate of drug-likeness (QED) is 0.0199. The summed E-state index contributed by atoms with van der Waals surface area (Å²) in [6.45, 7) is 4.44. The first-order valence-corrected chi connectivity index (χ1v) is 23.6. The molecule has 0 aromatic carbocycles. The Morgan fingerprint density at radius 3 is 1.52 bits per heavy atom. The summed E-state index contributed by atoms with van der Waals surface area (Å²) in [6, 6.07) is -0.743. The van der Waals surface area contributed by atoms with Gasteiger partial charge < -0.3 is 28.6 Å². The summed E-state index contributed by atoms with van der Waals surface area (Å²) in [7, 11) is 5.38. The first-order valence-electron chi connectivity index (χ1n) is 23.6. The van der Waals surface area contributed by atoms with E-state index in [1.807, 2.05) is 12.2 Å². The number of nitrogens with zero attached hydrogens (tertiary/aromatic N) is 1. The molecule has 60 heavy (non-hydrogen) atoms. The number of carbonyl (C=O) groups excluding carboxylic acids is 3. The lowest BCUT2D eigenvalue weighted by Crippen LogP contribution is -2.55. The van der Waals surface area contributed by atoms with Crippen LogP contribution in [0.4, 0.5) is 0 Å². The largest absolute Gasteiger partial charge is 0.544 e. The minimum absolute atomic E-state index is 0.00551. The molecule has 2 atom stereocenters. The summed E-state index contributed by atoms with van der Waals surface area (Å²) >= 11 is 0. The summed E-state index contributed by atoms with van der Waals surface area (Å²) in [5.41, 5.74) is 0. The lowest BCUT2D eigenvalue weighted by molar-refractivity contribution is -0.889. The van der Waals surface area contributed by atoms with E-state index < -0.39 is 24.1 Å². The van der Waals surface area contributed by atoms with Crippen molar-refractivity contribution in [2.75, 3.05) is 41.0 Å². The van der Waals surface area contributed by atoms with Gasteiger partial charge in [0.15, 0.2) is 6.10 Å². The minimum Gasteiger partial charge on any atom is -0.544 e. The first-order chi connectivity index (χ1) is 29.1. The molecule has 0 fully saturated rings. The van der Waals surface area contributed by atoms with Gasteiger partial charge in [-0.25, -0.2) is 0 Å². The van der Waals surface area contributed by atoms with E-state index in [2.05, 4.69) is 86.8 Å². The summed E-state index contributed by atoms with van der Waals surface area (Å²) in [6.07, 6.45) is 54.8. The van der Waals surface area contributed by atoms with Crippen molar-refractivity contribution < 1.29 is 38.2 Å². The van der Waals surface area contributed by atoms with Gasteiger partial charge in [0.25, 0.3) is 0 Å². The molecule has 0 aromatic heterocycles. The van der Waals surface area contributed by atoms with Gasteiger partial charge in [-0.3, -0.25) is 9.59 Å². The summed E-state index contributed by atoms with van der Waals surface area (Å²) < 4.78 is 17.1. The molecule has 0 rings (SSSR count). The van der Waals surface area contributed by atoms with Crippen molar-refractivity contribution in [1.82, 2.24) is 0 Å². The van der Waals surface area contributed by atoms with Crippen LogP contribution in [0.5, 0.6) is 0 Å². The zero-order valence-electron chi connectivity index (χ0n) is 38.8. The minimum atomic E-state index is -1.14. The van der Waals surface area contributed by atoms with Crippen molar-refractivity contribution in [2.24, 2.45) is 0 Å². The van der Waals surface area contributed by atoms with Gasteiger partial charge in [-0.1, -0.05) is 170 Å². The molecule has 0 aliphatic carbocycles. The molecule has 2 unspecified atom stereocenters. The number of esters is 2. The van der Waals surface area contributed by atoms with Crippen molar-refractivity contribution in [1.29, 1.82) is 0 Å². The Bertz CT molecular complexity index is 1250. The maximum absolute atomic E-state index is 12.7. The van der Waals surface area contributed by atoms with E-state index in [1.165, 1.54) is 83.5 Å². The molecule has 342 valence electrons. The predicted molar refractivity (Wildman–Crippen MR) is 249 cm³/mol. The van der Waals surface area contributed by atoms with Gasteiger partial charge in [-0.2, -0.15) is 0 Å². The molecule has 0 saturated carbocycles. The van der Waals surface area contributed by atoms with Crippen LogP contribution in [-0.4, -0.2) is 75.5 Å². The van der Waals surface area contributed by atoms with Gasteiger partial charge in [-0.15, -0.1) is 0 Å². The maximum Gasteiger partial charge on any atom is 0.306 e. The number of rotatable bonds is 41. The van der Waals surface area contributed by atoms with Crippen LogP contribution >= 0.6 is 0 Å². The highest BCUT2D eigenvalue weighted by atomic mass is 16.6. The van der Waals surface area contributed by atoms with E-state index in [9.17, 15) is 19.5 Å². The first kappa shape index (κ1) is 56.5. The number of likely N-dealkylation sites (N-methyl/N-ethyl adjacent to an activating group) is 1. The average Bonchev–Trinajstić information content (AvgIpc) is 3.21. The van der Waals surface area contributed by atoms with Crippen molar-refractivity contribution in [3.05, 3.63) is 85.1 Å². The van der Waals surface area contributed by atoms with Gasteiger partial charge in [-0.05, 0) is 70.6 Å². The van der Waals surface area contributed by atoms with Gasteiger partial charge in [0.05, 0.1) is 40.3 Å². The third-order valence-electron chi connectivity index (χ3n) is 10.1. The molecular weight excluding hydrogens is 751 g/mol. The topological polar surface area (TPSA) is 102 Å². The van der Waals surface area contributed by atoms with E-state index >= 15 is 0 Å². The van der Waals surface area contributed by atoms with Crippen LogP contribution in [0.15, 0.2) is 85.1 Å². The number of unbranched alkanes of at least 4 members (excludes halogenated alkanes) is 14. The van der Waals surface area contributed by atoms with E-state index in [1.54, 1.807) is 21.1 Å². The van der Waals surface area contributed by atoms with Crippen molar-refractivity contribution in [3.8, 4) is 0 Å². The second-order valence-corrected chi connectivity index (χ2v) is 16.6. The van der Waals surface area contributed by atoms with Crippen LogP contribution < -0.4 is 5.11 Å². The second kappa shape index (κ2) is 42.2. The molecule has 0 amide bonds. The van der Waals surface area contributed by atoms with Gasteiger partial charge in [0, 0.05) is 19.3 Å². The highest BCUT2D eigenvalue weighted by Crippen LogP contribution is 2.14. The Balaban J connectivity index is 4.39. The normalized spacial score (nSPS) is 13.7. The Kier molecular flexibility index (Phi) is 39.8. The van der Waals surface area contributed by atoms with Crippen molar-refractivity contribution in [3.63, 3.8) is 0 Å². The van der Waals surface area contributed by atoms with Crippen molar-refractivity contribution >= 4 is 17.9 Å². The van der Waals surface area contributed by atoms with Crippen molar-refractivity contribution in [2.45, 2.75) is 187 Å². The molecule has 0 radical (unpaired) electrons. The molecule has 0 spiro atoms. The van der Waals surface area contributed by atoms with Crippen LogP contribution in [0.25, 0.3) is 0 Å². The molecule has 0 heterocycles. The number of aliphatic carboxylic acids is 1. The summed E-state index contributed by atoms with van der Waals surface area (Å²) in [4.78, 5) is 36.9. The van der Waals surface area contributed by atoms with Gasteiger partial charge in [0.2, 0.25) is 0 Å². The fourth-order valence-corrected chi connectivity index (χ4v) is 6.40. The van der Waals surface area contributed by atoms with Gasteiger partial charge in [0.1, 0.15) is 12.6 Å². The van der Waals surface area contributed by atoms with E-state index in [4.69, 9.17) is 14.2 Å². The number of hydrogen-bond donors (Lipinski definition) is 0. The molecule has 8 nitrogen and oxygen atoms in total. The molecule has 8 heteroatoms. The fourth-order valence-electron chi connectivity index (χ4n) is 6.40. The molecular formula is C52H87NO7. The Morgan fingerprint density at radius 2 is 1.02 bits per heavy atom. The molecule has 0 aromatic rings. The molecule has 0 aliphatic rings. The number of carbonyl (C=O) groups is 3. The zero-order valence-corrected chi connectivity index (χ0v) is 38.8. The van der Waals surface area contributed by atoms with Crippen LogP contribution in [0.1, 0.15) is 174 Å². The monoisotopic (exact) mass is 838 g/mol. The summed E-state index contributed by atoms with van der Waals surface area (Å²) in [5.74, 6) is -1.85. The number of ether oxygens (including phenoxy) is 3. The third kappa shape index (κ3) is 39.9. The lowest BCUT2D eigenvalue weighted by atomic mass is 10.1. The smallest absolute Gasteiger partial charge is 0.306 e. The Labute approximate surface area is 367 Å². The second-order valence-electron chi connectivity index (χ2n) is 16.6. The average molecular weight is 838 g/mol. The highest BCUT2D eigenvalue weighted by Gasteiger charge is 2.25. The SMILES string of the molecule is CC/C=C/C/C=C/C/C=C/C/C=C/C/C=C/CCC(=O)OC(COCCC(C(=O)[O-])[N+](C)(C)C)COC(=O)CCCCCCCCCCCC/C=C/C=C/CCCCCC. The molecule has 0 saturated heterocycles. The number of carboxylic acid groups (broad SMARTS) is 1. The summed E-state index contributed by atoms with van der Waals surface area (Å²) in [5, 5.41) is 11.6.